The molecule has 1 atom stereocenters. The van der Waals surface area contributed by atoms with Crippen molar-refractivity contribution in [1.82, 2.24) is 5.32 Å². The van der Waals surface area contributed by atoms with Crippen molar-refractivity contribution >= 4 is 5.91 Å². The highest BCUT2D eigenvalue weighted by molar-refractivity contribution is 5.94. The molecule has 0 bridgehead atoms. The molecule has 3 N–H and O–H groups in total. The molecule has 3 nitrogen and oxygen atoms in total. The summed E-state index contributed by atoms with van der Waals surface area (Å²) >= 11 is 0. The van der Waals surface area contributed by atoms with Crippen LogP contribution in [-0.2, 0) is 6.18 Å². The zero-order valence-electron chi connectivity index (χ0n) is 11.1. The standard InChI is InChI=1S/C13H16F4N2O/c1-7(2)11(18)6-19-12(20)8-3-4-10(14)9(5-8)13(15,16)17/h3-5,7,11H,6,18H2,1-2H3,(H,19,20). The smallest absolute Gasteiger partial charge is 0.350 e. The SMILES string of the molecule is CC(C)C(N)CNC(=O)c1ccc(F)c(C(F)(F)F)c1. The van der Waals surface area contributed by atoms with Gasteiger partial charge in [0.15, 0.2) is 0 Å². The molecule has 1 amide bonds. The summed E-state index contributed by atoms with van der Waals surface area (Å²) < 4.78 is 50.6. The molecule has 0 saturated heterocycles. The van der Waals surface area contributed by atoms with Gasteiger partial charge in [-0.2, -0.15) is 13.2 Å². The summed E-state index contributed by atoms with van der Waals surface area (Å²) in [5.74, 6) is -2.01. The largest absolute Gasteiger partial charge is 0.419 e. The van der Waals surface area contributed by atoms with E-state index in [1.54, 1.807) is 0 Å². The number of nitrogens with two attached hydrogens (primary N) is 1. The summed E-state index contributed by atoms with van der Waals surface area (Å²) in [4.78, 5) is 11.7. The van der Waals surface area contributed by atoms with E-state index in [1.807, 2.05) is 13.8 Å². The normalized spacial score (nSPS) is 13.4. The first-order valence-electron chi connectivity index (χ1n) is 6.03. The molecule has 0 fully saturated rings. The van der Waals surface area contributed by atoms with E-state index in [2.05, 4.69) is 5.32 Å². The Labute approximate surface area is 114 Å². The first-order chi connectivity index (χ1) is 9.12. The fourth-order valence-electron chi connectivity index (χ4n) is 1.43. The number of halogens is 4. The summed E-state index contributed by atoms with van der Waals surface area (Å²) in [5, 5.41) is 2.42. The van der Waals surface area contributed by atoms with Crippen molar-refractivity contribution in [1.29, 1.82) is 0 Å². The van der Waals surface area contributed by atoms with Crippen LogP contribution in [0.25, 0.3) is 0 Å². The Morgan fingerprint density at radius 1 is 1.35 bits per heavy atom. The van der Waals surface area contributed by atoms with Crippen molar-refractivity contribution in [2.24, 2.45) is 11.7 Å². The highest BCUT2D eigenvalue weighted by atomic mass is 19.4. The Kier molecular flexibility index (Phi) is 5.10. The molecule has 0 aliphatic heterocycles. The second-order valence-corrected chi connectivity index (χ2v) is 4.81. The fraction of sp³-hybridized carbons (Fsp3) is 0.462. The Morgan fingerprint density at radius 3 is 2.45 bits per heavy atom. The molecule has 0 radical (unpaired) electrons. The Bertz CT molecular complexity index is 486. The molecule has 1 unspecified atom stereocenters. The van der Waals surface area contributed by atoms with E-state index in [0.717, 1.165) is 6.07 Å². The van der Waals surface area contributed by atoms with E-state index in [-0.39, 0.29) is 24.1 Å². The maximum atomic E-state index is 13.1. The van der Waals surface area contributed by atoms with Crippen LogP contribution in [0.1, 0.15) is 29.8 Å². The monoisotopic (exact) mass is 292 g/mol. The second kappa shape index (κ2) is 6.21. The molecule has 112 valence electrons. The summed E-state index contributed by atoms with van der Waals surface area (Å²) in [5.41, 5.74) is 4.00. The highest BCUT2D eigenvalue weighted by Gasteiger charge is 2.34. The van der Waals surface area contributed by atoms with Crippen molar-refractivity contribution in [3.05, 3.63) is 35.1 Å². The lowest BCUT2D eigenvalue weighted by atomic mass is 10.1. The second-order valence-electron chi connectivity index (χ2n) is 4.81. The summed E-state index contributed by atoms with van der Waals surface area (Å²) in [6, 6.07) is 1.81. The van der Waals surface area contributed by atoms with Crippen LogP contribution in [0.15, 0.2) is 18.2 Å². The van der Waals surface area contributed by atoms with Gasteiger partial charge in [0.25, 0.3) is 5.91 Å². The maximum absolute atomic E-state index is 13.1. The molecule has 0 aliphatic rings. The topological polar surface area (TPSA) is 55.1 Å². The zero-order chi connectivity index (χ0) is 15.5. The summed E-state index contributed by atoms with van der Waals surface area (Å²) in [6.45, 7) is 3.85. The van der Waals surface area contributed by atoms with Crippen molar-refractivity contribution < 1.29 is 22.4 Å². The number of hydrogen-bond donors (Lipinski definition) is 2. The lowest BCUT2D eigenvalue weighted by Gasteiger charge is -2.16. The van der Waals surface area contributed by atoms with E-state index in [1.165, 1.54) is 0 Å². The maximum Gasteiger partial charge on any atom is 0.419 e. The third kappa shape index (κ3) is 4.19. The molecule has 0 aliphatic carbocycles. The molecule has 0 aromatic heterocycles. The van der Waals surface area contributed by atoms with Crippen LogP contribution >= 0.6 is 0 Å². The Balaban J connectivity index is 2.85. The van der Waals surface area contributed by atoms with Gasteiger partial charge in [0.05, 0.1) is 5.56 Å². The average molecular weight is 292 g/mol. The lowest BCUT2D eigenvalue weighted by Crippen LogP contribution is -2.40. The van der Waals surface area contributed by atoms with Gasteiger partial charge in [-0.15, -0.1) is 0 Å². The number of benzene rings is 1. The zero-order valence-corrected chi connectivity index (χ0v) is 11.1. The number of alkyl halides is 3. The molecule has 20 heavy (non-hydrogen) atoms. The van der Waals surface area contributed by atoms with Crippen molar-refractivity contribution in [2.45, 2.75) is 26.1 Å². The number of carbonyl (C=O) groups is 1. The van der Waals surface area contributed by atoms with Gasteiger partial charge in [0.2, 0.25) is 0 Å². The molecule has 0 heterocycles. The minimum Gasteiger partial charge on any atom is -0.350 e. The van der Waals surface area contributed by atoms with Crippen LogP contribution in [0.5, 0.6) is 0 Å². The van der Waals surface area contributed by atoms with Gasteiger partial charge >= 0.3 is 6.18 Å². The quantitative estimate of drug-likeness (QED) is 0.838. The molecule has 1 aromatic carbocycles. The molecule has 1 aromatic rings. The third-order valence-corrected chi connectivity index (χ3v) is 2.89. The van der Waals surface area contributed by atoms with Crippen molar-refractivity contribution in [2.75, 3.05) is 6.54 Å². The van der Waals surface area contributed by atoms with Gasteiger partial charge in [0, 0.05) is 18.2 Å². The van der Waals surface area contributed by atoms with Gasteiger partial charge in [-0.25, -0.2) is 4.39 Å². The van der Waals surface area contributed by atoms with Gasteiger partial charge < -0.3 is 11.1 Å². The van der Waals surface area contributed by atoms with Crippen molar-refractivity contribution in [3.63, 3.8) is 0 Å². The number of hydrogen-bond acceptors (Lipinski definition) is 2. The van der Waals surface area contributed by atoms with E-state index in [4.69, 9.17) is 5.73 Å². The highest BCUT2D eigenvalue weighted by Crippen LogP contribution is 2.31. The van der Waals surface area contributed by atoms with E-state index < -0.39 is 23.5 Å². The van der Waals surface area contributed by atoms with E-state index in [0.29, 0.717) is 12.1 Å². The molecular formula is C13H16F4N2O. The Morgan fingerprint density at radius 2 is 1.95 bits per heavy atom. The predicted molar refractivity (Wildman–Crippen MR) is 66.5 cm³/mol. The summed E-state index contributed by atoms with van der Waals surface area (Å²) in [7, 11) is 0. The first-order valence-corrected chi connectivity index (χ1v) is 6.03. The average Bonchev–Trinajstić information content (AvgIpc) is 2.34. The minimum atomic E-state index is -4.84. The molecule has 7 heteroatoms. The number of nitrogens with one attached hydrogen (secondary N) is 1. The number of amides is 1. The Hall–Kier alpha value is -1.63. The van der Waals surface area contributed by atoms with Gasteiger partial charge in [-0.1, -0.05) is 13.8 Å². The molecular weight excluding hydrogens is 276 g/mol. The fourth-order valence-corrected chi connectivity index (χ4v) is 1.43. The van der Waals surface area contributed by atoms with Crippen LogP contribution in [-0.4, -0.2) is 18.5 Å². The van der Waals surface area contributed by atoms with Crippen LogP contribution in [0, 0.1) is 11.7 Å². The van der Waals surface area contributed by atoms with Gasteiger partial charge in [-0.05, 0) is 24.1 Å². The molecule has 0 spiro atoms. The van der Waals surface area contributed by atoms with Gasteiger partial charge in [0.1, 0.15) is 5.82 Å². The number of rotatable bonds is 4. The summed E-state index contributed by atoms with van der Waals surface area (Å²) in [6.07, 6.45) is -4.84. The molecule has 1 rings (SSSR count). The van der Waals surface area contributed by atoms with Crippen LogP contribution in [0.4, 0.5) is 17.6 Å². The lowest BCUT2D eigenvalue weighted by molar-refractivity contribution is -0.140. The third-order valence-electron chi connectivity index (χ3n) is 2.89. The van der Waals surface area contributed by atoms with Gasteiger partial charge in [-0.3, -0.25) is 4.79 Å². The first kappa shape index (κ1) is 16.4. The predicted octanol–water partition coefficient (Wildman–Crippen LogP) is 2.56. The van der Waals surface area contributed by atoms with Crippen LogP contribution in [0.2, 0.25) is 0 Å². The van der Waals surface area contributed by atoms with Crippen LogP contribution < -0.4 is 11.1 Å². The van der Waals surface area contributed by atoms with E-state index in [9.17, 15) is 22.4 Å². The van der Waals surface area contributed by atoms with E-state index >= 15 is 0 Å². The van der Waals surface area contributed by atoms with Crippen molar-refractivity contribution in [3.8, 4) is 0 Å². The van der Waals surface area contributed by atoms with Crippen LogP contribution in [0.3, 0.4) is 0 Å². The number of carbonyl (C=O) groups excluding carboxylic acids is 1. The minimum absolute atomic E-state index is 0.120. The molecule has 0 saturated carbocycles.